The summed E-state index contributed by atoms with van der Waals surface area (Å²) in [5.74, 6) is -6.84. The number of aliphatic hydroxyl groups is 2. The number of aliphatic carboxylic acids is 3. The van der Waals surface area contributed by atoms with Crippen LogP contribution in [0, 0.1) is 5.82 Å². The maximum Gasteiger partial charge on any atom is 0.336 e. The number of carbonyl (C=O) groups is 3. The van der Waals surface area contributed by atoms with E-state index in [-0.39, 0.29) is 56.7 Å². The number of benzene rings is 2. The molecule has 1 aliphatic rings. The Balaban J connectivity index is 0.000000331. The Morgan fingerprint density at radius 3 is 2.16 bits per heavy atom. The van der Waals surface area contributed by atoms with Gasteiger partial charge in [0, 0.05) is 35.2 Å². The Hall–Kier alpha value is -3.95. The summed E-state index contributed by atoms with van der Waals surface area (Å²) in [6.45, 7) is 0.497. The van der Waals surface area contributed by atoms with Gasteiger partial charge < -0.3 is 45.1 Å². The van der Waals surface area contributed by atoms with Gasteiger partial charge in [-0.3, -0.25) is 14.4 Å². The van der Waals surface area contributed by atoms with Gasteiger partial charge in [-0.1, -0.05) is 23.2 Å². The van der Waals surface area contributed by atoms with Gasteiger partial charge in [-0.05, 0) is 32.1 Å². The fourth-order valence-electron chi connectivity index (χ4n) is 4.85. The number of phenolic OH excluding ortho intramolecular Hbond substituents is 2. The van der Waals surface area contributed by atoms with Crippen LogP contribution in [-0.4, -0.2) is 90.4 Å². The third-order valence-corrected chi connectivity index (χ3v) is 7.54. The average Bonchev–Trinajstić information content (AvgIpc) is 3.24. The minimum atomic E-state index is -2.74. The second-order valence-corrected chi connectivity index (χ2v) is 10.7. The number of fused-ring (bicyclic) bond motifs is 1. The van der Waals surface area contributed by atoms with Crippen LogP contribution in [0.3, 0.4) is 0 Å². The van der Waals surface area contributed by atoms with Gasteiger partial charge in [0.05, 0.1) is 29.5 Å². The highest BCUT2D eigenvalue weighted by molar-refractivity contribution is 6.36. The number of carboxylic acid groups (broad SMARTS) is 3. The fourth-order valence-corrected chi connectivity index (χ4v) is 5.33. The predicted octanol–water partition coefficient (Wildman–Crippen LogP) is 2.85. The lowest BCUT2D eigenvalue weighted by Gasteiger charge is -2.24. The lowest BCUT2D eigenvalue weighted by Crippen LogP contribution is -2.42. The number of halogens is 3. The van der Waals surface area contributed by atoms with E-state index in [1.807, 2.05) is 11.9 Å². The molecule has 0 aliphatic carbocycles. The van der Waals surface area contributed by atoms with E-state index in [1.54, 1.807) is 0 Å². The van der Waals surface area contributed by atoms with E-state index in [1.165, 1.54) is 6.07 Å². The monoisotopic (exact) mass is 645 g/mol. The van der Waals surface area contributed by atoms with E-state index >= 15 is 0 Å². The maximum absolute atomic E-state index is 14.0. The molecular formula is C27H26Cl2FNO12. The molecule has 232 valence electrons. The van der Waals surface area contributed by atoms with Crippen molar-refractivity contribution in [2.45, 2.75) is 36.8 Å². The fraction of sp³-hybridized carbons (Fsp3) is 0.333. The summed E-state index contributed by atoms with van der Waals surface area (Å²) in [6, 6.07) is 4.13. The van der Waals surface area contributed by atoms with Gasteiger partial charge >= 0.3 is 17.9 Å². The van der Waals surface area contributed by atoms with Crippen molar-refractivity contribution in [3.63, 3.8) is 0 Å². The van der Waals surface area contributed by atoms with E-state index < -0.39 is 53.3 Å². The first-order chi connectivity index (χ1) is 20.0. The van der Waals surface area contributed by atoms with Crippen LogP contribution in [0.5, 0.6) is 11.5 Å². The van der Waals surface area contributed by atoms with Crippen molar-refractivity contribution in [2.75, 3.05) is 20.2 Å². The Bertz CT molecular complexity index is 1630. The summed E-state index contributed by atoms with van der Waals surface area (Å²) in [6.07, 6.45) is -1.69. The predicted molar refractivity (Wildman–Crippen MR) is 149 cm³/mol. The van der Waals surface area contributed by atoms with Crippen LogP contribution in [0.15, 0.2) is 33.5 Å². The number of likely N-dealkylation sites (tertiary alicyclic amines) is 1. The SMILES string of the molecule is CN1CC[C@@H](c2c(O)cc(O)c3c(=O)cc(-c4cc(F)c(Cl)cc4Cl)oc23)[C@@H]1CO.O=C(O)CC(O)(CC(=O)O)C(=O)O. The van der Waals surface area contributed by atoms with Crippen LogP contribution in [0.2, 0.25) is 10.0 Å². The van der Waals surface area contributed by atoms with Crippen molar-refractivity contribution in [3.05, 3.63) is 55.9 Å². The molecule has 7 N–H and O–H groups in total. The number of phenols is 2. The topological polar surface area (TPSA) is 226 Å². The summed E-state index contributed by atoms with van der Waals surface area (Å²) in [7, 11) is 1.85. The lowest BCUT2D eigenvalue weighted by atomic mass is 9.89. The number of aromatic hydroxyl groups is 2. The van der Waals surface area contributed by atoms with Crippen molar-refractivity contribution in [3.8, 4) is 22.8 Å². The number of rotatable bonds is 8. The van der Waals surface area contributed by atoms with Gasteiger partial charge in [0.25, 0.3) is 0 Å². The number of nitrogens with zero attached hydrogens (tertiary/aromatic N) is 1. The molecule has 3 aromatic rings. The molecule has 0 spiro atoms. The molecule has 1 aromatic heterocycles. The molecule has 2 heterocycles. The molecule has 16 heteroatoms. The van der Waals surface area contributed by atoms with Crippen LogP contribution >= 0.6 is 23.2 Å². The first-order valence-electron chi connectivity index (χ1n) is 12.4. The molecule has 1 aliphatic heterocycles. The largest absolute Gasteiger partial charge is 0.507 e. The number of carboxylic acids is 3. The van der Waals surface area contributed by atoms with E-state index in [4.69, 9.17) is 48.0 Å². The van der Waals surface area contributed by atoms with Gasteiger partial charge in [0.15, 0.2) is 11.0 Å². The molecule has 2 atom stereocenters. The zero-order chi connectivity index (χ0) is 32.4. The summed E-state index contributed by atoms with van der Waals surface area (Å²) in [5, 5.41) is 64.3. The number of likely N-dealkylation sites (N-methyl/N-ethyl adjacent to an activating group) is 1. The molecule has 0 saturated carbocycles. The Morgan fingerprint density at radius 1 is 1.02 bits per heavy atom. The molecule has 2 aromatic carbocycles. The molecule has 0 radical (unpaired) electrons. The Morgan fingerprint density at radius 2 is 1.63 bits per heavy atom. The van der Waals surface area contributed by atoms with Crippen molar-refractivity contribution in [1.29, 1.82) is 0 Å². The zero-order valence-corrected chi connectivity index (χ0v) is 23.8. The van der Waals surface area contributed by atoms with Crippen LogP contribution in [0.4, 0.5) is 4.39 Å². The standard InChI is InChI=1S/C21H18Cl2FNO5.C6H8O7/c1-25-3-2-9(14(25)8-26)19-15(27)6-16(28)20-17(29)7-18(30-21(19)20)10-4-13(24)12(23)5-11(10)22;7-3(8)1-6(13,5(11)12)2-4(9)10/h4-7,9,14,26-28H,2-3,8H2,1H3;13H,1-2H2,(H,7,8)(H,9,10)(H,11,12)/t9-,14+;/m1./s1. The second kappa shape index (κ2) is 13.1. The molecule has 1 saturated heterocycles. The van der Waals surface area contributed by atoms with Gasteiger partial charge in [0.1, 0.15) is 34.0 Å². The minimum Gasteiger partial charge on any atom is -0.507 e. The summed E-state index contributed by atoms with van der Waals surface area (Å²) >= 11 is 11.9. The number of aliphatic hydroxyl groups excluding tert-OH is 1. The quantitative estimate of drug-likeness (QED) is 0.175. The van der Waals surface area contributed by atoms with Gasteiger partial charge in [-0.2, -0.15) is 0 Å². The van der Waals surface area contributed by atoms with E-state index in [0.29, 0.717) is 18.5 Å². The van der Waals surface area contributed by atoms with Crippen molar-refractivity contribution in [2.24, 2.45) is 0 Å². The minimum absolute atomic E-state index is 0.0276. The maximum atomic E-state index is 14.0. The zero-order valence-electron chi connectivity index (χ0n) is 22.3. The normalized spacial score (nSPS) is 17.0. The van der Waals surface area contributed by atoms with Gasteiger partial charge in [-0.15, -0.1) is 0 Å². The Labute approximate surface area is 251 Å². The first kappa shape index (κ1) is 33.6. The Kier molecular flexibility index (Phi) is 10.3. The summed E-state index contributed by atoms with van der Waals surface area (Å²) < 4.78 is 20.0. The highest BCUT2D eigenvalue weighted by Gasteiger charge is 2.41. The molecule has 1 fully saturated rings. The van der Waals surface area contributed by atoms with Gasteiger partial charge in [0.2, 0.25) is 0 Å². The molecule has 4 rings (SSSR count). The highest BCUT2D eigenvalue weighted by Crippen LogP contribution is 2.44. The van der Waals surface area contributed by atoms with Crippen molar-refractivity contribution < 1.29 is 58.9 Å². The van der Waals surface area contributed by atoms with E-state index in [0.717, 1.165) is 18.2 Å². The van der Waals surface area contributed by atoms with Crippen LogP contribution in [0.1, 0.15) is 30.7 Å². The molecule has 13 nitrogen and oxygen atoms in total. The lowest BCUT2D eigenvalue weighted by molar-refractivity contribution is -0.170. The second-order valence-electron chi connectivity index (χ2n) is 9.86. The number of hydrogen-bond donors (Lipinski definition) is 7. The smallest absolute Gasteiger partial charge is 0.336 e. The molecule has 0 amide bonds. The van der Waals surface area contributed by atoms with Crippen molar-refractivity contribution in [1.82, 2.24) is 4.90 Å². The number of hydrogen-bond acceptors (Lipinski definition) is 10. The molecule has 0 bridgehead atoms. The molecular weight excluding hydrogens is 620 g/mol. The third kappa shape index (κ3) is 7.17. The van der Waals surface area contributed by atoms with E-state index in [2.05, 4.69) is 0 Å². The van der Waals surface area contributed by atoms with Crippen molar-refractivity contribution >= 4 is 52.1 Å². The van der Waals surface area contributed by atoms with Crippen LogP contribution in [0.25, 0.3) is 22.3 Å². The summed E-state index contributed by atoms with van der Waals surface area (Å²) in [5.41, 5.74) is -2.94. The van der Waals surface area contributed by atoms with Crippen LogP contribution < -0.4 is 5.43 Å². The highest BCUT2D eigenvalue weighted by atomic mass is 35.5. The van der Waals surface area contributed by atoms with E-state index in [9.17, 15) is 38.9 Å². The van der Waals surface area contributed by atoms with Gasteiger partial charge in [-0.25, -0.2) is 9.18 Å². The first-order valence-corrected chi connectivity index (χ1v) is 13.1. The summed E-state index contributed by atoms with van der Waals surface area (Å²) in [4.78, 5) is 45.3. The molecule has 43 heavy (non-hydrogen) atoms. The average molecular weight is 646 g/mol. The molecule has 0 unspecified atom stereocenters. The van der Waals surface area contributed by atoms with Crippen LogP contribution in [-0.2, 0) is 14.4 Å². The third-order valence-electron chi connectivity index (χ3n) is 6.94.